The van der Waals surface area contributed by atoms with Crippen LogP contribution in [0.25, 0.3) is 10.8 Å². The van der Waals surface area contributed by atoms with Gasteiger partial charge in [-0.05, 0) is 29.7 Å². The molecular weight excluding hydrogens is 358 g/mol. The molecule has 3 aromatic rings. The van der Waals surface area contributed by atoms with E-state index in [2.05, 4.69) is 24.3 Å². The van der Waals surface area contributed by atoms with Crippen LogP contribution in [0.4, 0.5) is 5.69 Å². The van der Waals surface area contributed by atoms with E-state index in [1.54, 1.807) is 36.4 Å². The third-order valence-electron chi connectivity index (χ3n) is 4.35. The molecule has 0 fully saturated rings. The molecular formula is C21H21N3O4. The molecule has 1 aromatic heterocycles. The van der Waals surface area contributed by atoms with Crippen LogP contribution >= 0.6 is 0 Å². The van der Waals surface area contributed by atoms with Crippen LogP contribution in [-0.4, -0.2) is 28.3 Å². The molecule has 0 saturated heterocycles. The highest BCUT2D eigenvalue weighted by atomic mass is 16.5. The standard InChI is InChI=1S/C21H21N3O4/c1-13(2)14-8-10-15(11-9-14)22-18(25)12-28-21(27)19-16-6-4-5-7-17(16)20(26)24(3)23-19/h4-11,13H,12H2,1-3H3,(H,22,25). The predicted octanol–water partition coefficient (Wildman–Crippen LogP) is 2.85. The number of fused-ring (bicyclic) bond motifs is 1. The first-order valence-corrected chi connectivity index (χ1v) is 8.90. The van der Waals surface area contributed by atoms with Gasteiger partial charge in [0, 0.05) is 18.1 Å². The number of aryl methyl sites for hydroxylation is 1. The Kier molecular flexibility index (Phi) is 5.54. The maximum absolute atomic E-state index is 12.4. The number of hydrogen-bond donors (Lipinski definition) is 1. The largest absolute Gasteiger partial charge is 0.451 e. The molecule has 0 aliphatic rings. The molecule has 0 aliphatic carbocycles. The number of nitrogens with zero attached hydrogens (tertiary/aromatic N) is 2. The molecule has 0 atom stereocenters. The molecule has 1 heterocycles. The molecule has 0 bridgehead atoms. The quantitative estimate of drug-likeness (QED) is 0.689. The Balaban J connectivity index is 1.69. The van der Waals surface area contributed by atoms with Crippen LogP contribution in [0.1, 0.15) is 35.8 Å². The summed E-state index contributed by atoms with van der Waals surface area (Å²) in [5.41, 5.74) is 1.47. The van der Waals surface area contributed by atoms with Crippen molar-refractivity contribution in [2.75, 3.05) is 11.9 Å². The molecule has 3 rings (SSSR count). The molecule has 7 nitrogen and oxygen atoms in total. The summed E-state index contributed by atoms with van der Waals surface area (Å²) in [6, 6.07) is 14.1. The molecule has 0 saturated carbocycles. The fourth-order valence-electron chi connectivity index (χ4n) is 2.80. The molecule has 1 N–H and O–H groups in total. The van der Waals surface area contributed by atoms with E-state index in [0.29, 0.717) is 22.4 Å². The average Bonchev–Trinajstić information content (AvgIpc) is 2.69. The summed E-state index contributed by atoms with van der Waals surface area (Å²) in [5, 5.41) is 7.42. The summed E-state index contributed by atoms with van der Waals surface area (Å²) >= 11 is 0. The van der Waals surface area contributed by atoms with E-state index < -0.39 is 18.5 Å². The molecule has 28 heavy (non-hydrogen) atoms. The SMILES string of the molecule is CC(C)c1ccc(NC(=O)COC(=O)c2nn(C)c(=O)c3ccccc23)cc1. The number of aromatic nitrogens is 2. The molecule has 2 aromatic carbocycles. The maximum atomic E-state index is 12.4. The van der Waals surface area contributed by atoms with E-state index >= 15 is 0 Å². The molecule has 0 radical (unpaired) electrons. The van der Waals surface area contributed by atoms with Gasteiger partial charge in [0.2, 0.25) is 0 Å². The lowest BCUT2D eigenvalue weighted by Gasteiger charge is -2.10. The number of benzene rings is 2. The minimum atomic E-state index is -0.767. The number of carbonyl (C=O) groups excluding carboxylic acids is 2. The minimum Gasteiger partial charge on any atom is -0.451 e. The highest BCUT2D eigenvalue weighted by Gasteiger charge is 2.18. The number of ether oxygens (including phenoxy) is 1. The van der Waals surface area contributed by atoms with Crippen LogP contribution in [0.15, 0.2) is 53.3 Å². The molecule has 0 spiro atoms. The van der Waals surface area contributed by atoms with Gasteiger partial charge in [-0.25, -0.2) is 9.48 Å². The van der Waals surface area contributed by atoms with Crippen molar-refractivity contribution in [1.29, 1.82) is 0 Å². The average molecular weight is 379 g/mol. The summed E-state index contributed by atoms with van der Waals surface area (Å²) in [5.74, 6) is -0.827. The summed E-state index contributed by atoms with van der Waals surface area (Å²) in [4.78, 5) is 36.6. The van der Waals surface area contributed by atoms with Crippen LogP contribution in [0, 0.1) is 0 Å². The molecule has 144 valence electrons. The lowest BCUT2D eigenvalue weighted by atomic mass is 10.0. The molecule has 1 amide bonds. The Morgan fingerprint density at radius 1 is 1.07 bits per heavy atom. The zero-order valence-corrected chi connectivity index (χ0v) is 15.9. The number of carbonyl (C=O) groups is 2. The van der Waals surface area contributed by atoms with Gasteiger partial charge in [0.05, 0.1) is 5.39 Å². The second-order valence-electron chi connectivity index (χ2n) is 6.72. The van der Waals surface area contributed by atoms with Crippen LogP contribution in [-0.2, 0) is 16.6 Å². The Hall–Kier alpha value is -3.48. The fourth-order valence-corrected chi connectivity index (χ4v) is 2.80. The van der Waals surface area contributed by atoms with Crippen molar-refractivity contribution >= 4 is 28.3 Å². The summed E-state index contributed by atoms with van der Waals surface area (Å²) in [6.45, 7) is 3.72. The minimum absolute atomic E-state index is 0.00761. The van der Waals surface area contributed by atoms with Gasteiger partial charge in [0.1, 0.15) is 0 Å². The van der Waals surface area contributed by atoms with Crippen molar-refractivity contribution in [2.24, 2.45) is 7.05 Å². The first kappa shape index (κ1) is 19.3. The van der Waals surface area contributed by atoms with Gasteiger partial charge in [-0.1, -0.05) is 44.2 Å². The number of amides is 1. The zero-order valence-electron chi connectivity index (χ0n) is 15.9. The number of nitrogens with one attached hydrogen (secondary N) is 1. The van der Waals surface area contributed by atoms with E-state index in [4.69, 9.17) is 4.74 Å². The Labute approximate surface area is 161 Å². The fraction of sp³-hybridized carbons (Fsp3) is 0.238. The first-order chi connectivity index (χ1) is 13.4. The number of anilines is 1. The van der Waals surface area contributed by atoms with E-state index in [1.807, 2.05) is 12.1 Å². The van der Waals surface area contributed by atoms with Gasteiger partial charge < -0.3 is 10.1 Å². The highest BCUT2D eigenvalue weighted by molar-refractivity contribution is 6.03. The third kappa shape index (κ3) is 4.09. The highest BCUT2D eigenvalue weighted by Crippen LogP contribution is 2.17. The number of esters is 1. The predicted molar refractivity (Wildman–Crippen MR) is 106 cm³/mol. The van der Waals surface area contributed by atoms with Gasteiger partial charge in [-0.3, -0.25) is 9.59 Å². The maximum Gasteiger partial charge on any atom is 0.359 e. The lowest BCUT2D eigenvalue weighted by Crippen LogP contribution is -2.26. The van der Waals surface area contributed by atoms with Crippen molar-refractivity contribution in [3.63, 3.8) is 0 Å². The summed E-state index contributed by atoms with van der Waals surface area (Å²) < 4.78 is 6.18. The van der Waals surface area contributed by atoms with E-state index in [1.165, 1.54) is 7.05 Å². The third-order valence-corrected chi connectivity index (χ3v) is 4.35. The van der Waals surface area contributed by atoms with E-state index in [9.17, 15) is 14.4 Å². The number of hydrogen-bond acceptors (Lipinski definition) is 5. The van der Waals surface area contributed by atoms with Crippen molar-refractivity contribution in [2.45, 2.75) is 19.8 Å². The van der Waals surface area contributed by atoms with Gasteiger partial charge in [0.15, 0.2) is 12.3 Å². The Morgan fingerprint density at radius 2 is 1.71 bits per heavy atom. The molecule has 0 unspecified atom stereocenters. The van der Waals surface area contributed by atoms with Crippen molar-refractivity contribution in [3.8, 4) is 0 Å². The lowest BCUT2D eigenvalue weighted by molar-refractivity contribution is -0.119. The van der Waals surface area contributed by atoms with Crippen LogP contribution in [0.3, 0.4) is 0 Å². The van der Waals surface area contributed by atoms with Crippen molar-refractivity contribution in [1.82, 2.24) is 9.78 Å². The topological polar surface area (TPSA) is 90.3 Å². The summed E-state index contributed by atoms with van der Waals surface area (Å²) in [6.07, 6.45) is 0. The van der Waals surface area contributed by atoms with Gasteiger partial charge in [-0.15, -0.1) is 0 Å². The van der Waals surface area contributed by atoms with Gasteiger partial charge in [0.25, 0.3) is 11.5 Å². The van der Waals surface area contributed by atoms with Gasteiger partial charge >= 0.3 is 5.97 Å². The van der Waals surface area contributed by atoms with Crippen LogP contribution in [0.5, 0.6) is 0 Å². The van der Waals surface area contributed by atoms with E-state index in [0.717, 1.165) is 10.2 Å². The Bertz CT molecular complexity index is 1080. The normalized spacial score (nSPS) is 10.9. The zero-order chi connectivity index (χ0) is 20.3. The molecule has 7 heteroatoms. The first-order valence-electron chi connectivity index (χ1n) is 8.90. The molecule has 0 aliphatic heterocycles. The van der Waals surface area contributed by atoms with Gasteiger partial charge in [-0.2, -0.15) is 5.10 Å². The van der Waals surface area contributed by atoms with Crippen molar-refractivity contribution in [3.05, 3.63) is 70.1 Å². The second kappa shape index (κ2) is 8.04. The van der Waals surface area contributed by atoms with Crippen LogP contribution in [0.2, 0.25) is 0 Å². The van der Waals surface area contributed by atoms with E-state index in [-0.39, 0.29) is 11.3 Å². The summed E-state index contributed by atoms with van der Waals surface area (Å²) in [7, 11) is 1.46. The smallest absolute Gasteiger partial charge is 0.359 e. The Morgan fingerprint density at radius 3 is 2.36 bits per heavy atom. The number of rotatable bonds is 5. The second-order valence-corrected chi connectivity index (χ2v) is 6.72. The van der Waals surface area contributed by atoms with Crippen molar-refractivity contribution < 1.29 is 14.3 Å². The monoisotopic (exact) mass is 379 g/mol. The van der Waals surface area contributed by atoms with Crippen LogP contribution < -0.4 is 10.9 Å².